The zero-order valence-corrected chi connectivity index (χ0v) is 22.7. The molecule has 0 radical (unpaired) electrons. The van der Waals surface area contributed by atoms with Gasteiger partial charge in [0.15, 0.2) is 5.78 Å². The van der Waals surface area contributed by atoms with E-state index in [1.54, 1.807) is 41.3 Å². The van der Waals surface area contributed by atoms with Gasteiger partial charge in [0, 0.05) is 42.7 Å². The van der Waals surface area contributed by atoms with Gasteiger partial charge in [0.05, 0.1) is 15.6 Å². The molecule has 1 aliphatic heterocycles. The first-order chi connectivity index (χ1) is 19.2. The first-order valence-corrected chi connectivity index (χ1v) is 13.8. The summed E-state index contributed by atoms with van der Waals surface area (Å²) in [6.07, 6.45) is 0.653. The fraction of sp³-hybridized carbons (Fsp3) is 0.233. The van der Waals surface area contributed by atoms with Crippen molar-refractivity contribution >= 4 is 44.7 Å². The van der Waals surface area contributed by atoms with Crippen molar-refractivity contribution in [3.05, 3.63) is 88.3 Å². The number of nitrogens with zero attached hydrogens (tertiary/aromatic N) is 1. The van der Waals surface area contributed by atoms with Gasteiger partial charge in [-0.15, -0.1) is 11.3 Å². The van der Waals surface area contributed by atoms with Crippen LogP contribution in [0, 0.1) is 0 Å². The number of hydrogen-bond donors (Lipinski definition) is 4. The van der Waals surface area contributed by atoms with E-state index >= 15 is 0 Å². The minimum absolute atomic E-state index is 0.0299. The van der Waals surface area contributed by atoms with Gasteiger partial charge in [-0.3, -0.25) is 14.4 Å². The van der Waals surface area contributed by atoms with E-state index < -0.39 is 17.4 Å². The van der Waals surface area contributed by atoms with Gasteiger partial charge in [-0.05, 0) is 47.9 Å². The summed E-state index contributed by atoms with van der Waals surface area (Å²) in [7, 11) is 0. The second-order valence-corrected chi connectivity index (χ2v) is 11.3. The normalized spacial score (nSPS) is 22.0. The highest BCUT2D eigenvalue weighted by atomic mass is 32.1. The summed E-state index contributed by atoms with van der Waals surface area (Å²) < 4.78 is 6.57. The molecule has 3 aromatic carbocycles. The highest BCUT2D eigenvalue weighted by Crippen LogP contribution is 2.49. The Kier molecular flexibility index (Phi) is 6.33. The quantitative estimate of drug-likeness (QED) is 0.275. The van der Waals surface area contributed by atoms with Crippen molar-refractivity contribution in [3.63, 3.8) is 0 Å². The molecule has 2 aliphatic rings. The Morgan fingerprint density at radius 3 is 2.42 bits per heavy atom. The molecule has 6 rings (SSSR count). The van der Waals surface area contributed by atoms with Gasteiger partial charge >= 0.3 is 0 Å². The summed E-state index contributed by atoms with van der Waals surface area (Å²) in [6.45, 7) is 2.53. The van der Waals surface area contributed by atoms with E-state index in [4.69, 9.17) is 21.9 Å². The van der Waals surface area contributed by atoms with E-state index in [0.29, 0.717) is 68.4 Å². The first kappa shape index (κ1) is 26.0. The van der Waals surface area contributed by atoms with Gasteiger partial charge in [0.25, 0.3) is 5.91 Å². The first-order valence-electron chi connectivity index (χ1n) is 13.0. The molecule has 40 heavy (non-hydrogen) atoms. The van der Waals surface area contributed by atoms with Crippen molar-refractivity contribution in [3.8, 4) is 11.5 Å². The van der Waals surface area contributed by atoms with Gasteiger partial charge < -0.3 is 32.2 Å². The zero-order valence-electron chi connectivity index (χ0n) is 21.8. The number of rotatable bonds is 5. The number of Topliss-reactive ketones (excluding diaryl/α,β-unsaturated/α-hetero) is 1. The number of thiophene rings is 1. The Hall–Kier alpha value is -4.25. The lowest BCUT2D eigenvalue weighted by molar-refractivity contribution is -0.128. The lowest BCUT2D eigenvalue weighted by atomic mass is 9.70. The topological polar surface area (TPSA) is 154 Å². The number of nitrogens with one attached hydrogen (secondary N) is 1. The number of benzene rings is 3. The number of amides is 2. The van der Waals surface area contributed by atoms with E-state index in [9.17, 15) is 14.4 Å². The monoisotopic (exact) mass is 555 g/mol. The smallest absolute Gasteiger partial charge is 0.262 e. The average Bonchev–Trinajstić information content (AvgIpc) is 3.59. The molecule has 4 aromatic rings. The lowest BCUT2D eigenvalue weighted by Crippen LogP contribution is -2.52. The summed E-state index contributed by atoms with van der Waals surface area (Å²) in [5.41, 5.74) is 20.4. The molecular formula is C30H29N5O4S. The largest absolute Gasteiger partial charge is 0.457 e. The van der Waals surface area contributed by atoms with Gasteiger partial charge in [-0.25, -0.2) is 0 Å². The van der Waals surface area contributed by atoms with E-state index in [-0.39, 0.29) is 17.9 Å². The molecule has 1 aromatic heterocycles. The van der Waals surface area contributed by atoms with Crippen LogP contribution < -0.4 is 27.3 Å². The van der Waals surface area contributed by atoms with Gasteiger partial charge in [-0.2, -0.15) is 0 Å². The van der Waals surface area contributed by atoms with Crippen molar-refractivity contribution in [1.29, 1.82) is 0 Å². The van der Waals surface area contributed by atoms with E-state index in [1.165, 1.54) is 18.3 Å². The third kappa shape index (κ3) is 4.12. The predicted octanol–water partition coefficient (Wildman–Crippen LogP) is 3.41. The molecule has 10 heteroatoms. The second-order valence-electron chi connectivity index (χ2n) is 10.3. The average molecular weight is 556 g/mol. The summed E-state index contributed by atoms with van der Waals surface area (Å²) in [6, 6.07) is 18.6. The molecule has 2 amide bonds. The van der Waals surface area contributed by atoms with Crippen LogP contribution in [-0.2, 0) is 15.1 Å². The molecule has 204 valence electrons. The van der Waals surface area contributed by atoms with Crippen LogP contribution in [0.5, 0.6) is 11.5 Å². The molecule has 2 heterocycles. The maximum atomic E-state index is 14.0. The number of para-hydroxylation sites is 1. The Labute approximate surface area is 234 Å². The van der Waals surface area contributed by atoms with Crippen LogP contribution >= 0.6 is 11.3 Å². The van der Waals surface area contributed by atoms with Crippen LogP contribution in [0.2, 0.25) is 0 Å². The molecular weight excluding hydrogens is 526 g/mol. The van der Waals surface area contributed by atoms with Crippen LogP contribution in [0.15, 0.2) is 66.7 Å². The zero-order chi connectivity index (χ0) is 28.2. The number of carbonyl (C=O) groups is 3. The van der Waals surface area contributed by atoms with Crippen LogP contribution in [0.1, 0.15) is 45.7 Å². The maximum absolute atomic E-state index is 14.0. The Bertz CT molecular complexity index is 1650. The molecule has 1 saturated heterocycles. The van der Waals surface area contributed by atoms with Crippen molar-refractivity contribution in [2.75, 3.05) is 18.8 Å². The molecule has 3 atom stereocenters. The minimum atomic E-state index is -1.55. The maximum Gasteiger partial charge on any atom is 0.262 e. The number of carbonyl (C=O) groups excluding carboxylic acids is 3. The summed E-state index contributed by atoms with van der Waals surface area (Å²) in [5, 5.41) is 3.66. The van der Waals surface area contributed by atoms with E-state index in [0.717, 1.165) is 0 Å². The van der Waals surface area contributed by atoms with E-state index in [2.05, 4.69) is 5.32 Å². The molecule has 7 N–H and O–H groups in total. The Morgan fingerprint density at radius 1 is 1.05 bits per heavy atom. The third-order valence-electron chi connectivity index (χ3n) is 7.78. The van der Waals surface area contributed by atoms with Gasteiger partial charge in [0.2, 0.25) is 5.91 Å². The van der Waals surface area contributed by atoms with Crippen molar-refractivity contribution < 1.29 is 19.1 Å². The van der Waals surface area contributed by atoms with Gasteiger partial charge in [-0.1, -0.05) is 36.4 Å². The fourth-order valence-corrected chi connectivity index (χ4v) is 6.88. The molecule has 0 saturated carbocycles. The fourth-order valence-electron chi connectivity index (χ4n) is 5.67. The molecule has 1 aliphatic carbocycles. The number of ether oxygens (including phenoxy) is 1. The van der Waals surface area contributed by atoms with Crippen molar-refractivity contribution in [2.24, 2.45) is 11.5 Å². The molecule has 9 nitrogen and oxygen atoms in total. The minimum Gasteiger partial charge on any atom is -0.457 e. The summed E-state index contributed by atoms with van der Waals surface area (Å²) >= 11 is 1.21. The van der Waals surface area contributed by atoms with Crippen molar-refractivity contribution in [2.45, 2.75) is 31.0 Å². The number of likely N-dealkylation sites (tertiary alicyclic amines) is 1. The number of hydrogen-bond acceptors (Lipinski definition) is 8. The molecule has 3 unspecified atom stereocenters. The Balaban J connectivity index is 1.38. The van der Waals surface area contributed by atoms with Crippen LogP contribution in [-0.4, -0.2) is 41.6 Å². The number of nitrogen functional groups attached to an aromatic ring is 1. The number of anilines is 1. The Morgan fingerprint density at radius 2 is 1.75 bits per heavy atom. The SMILES string of the molecule is CC(=O)N1CCC(NC(=O)c2sc3c(N)ccc4c3c2C(N)C(=O)C4(N)c2ccc(Oc3ccccc3)cc2)C1. The molecule has 0 spiro atoms. The molecule has 1 fully saturated rings. The van der Waals surface area contributed by atoms with Crippen LogP contribution in [0.25, 0.3) is 10.1 Å². The third-order valence-corrected chi connectivity index (χ3v) is 9.03. The highest BCUT2D eigenvalue weighted by molar-refractivity contribution is 7.21. The van der Waals surface area contributed by atoms with Crippen LogP contribution in [0.4, 0.5) is 5.69 Å². The van der Waals surface area contributed by atoms with Crippen LogP contribution in [0.3, 0.4) is 0 Å². The second kappa shape index (κ2) is 9.74. The van der Waals surface area contributed by atoms with Crippen molar-refractivity contribution in [1.82, 2.24) is 10.2 Å². The van der Waals surface area contributed by atoms with E-state index in [1.807, 2.05) is 30.3 Å². The predicted molar refractivity (Wildman–Crippen MR) is 154 cm³/mol. The standard InChI is InChI=1S/C30H29N5O4S/c1-16(36)35-14-13-18(15-35)34-29(38)27-24-23-21(11-12-22(31)26(23)40-27)30(33,28(37)25(24)32)17-7-9-20(10-8-17)39-19-5-3-2-4-6-19/h2-12,18,25H,13-15,31-33H2,1H3,(H,34,38). The number of ketones is 1. The highest BCUT2D eigenvalue weighted by Gasteiger charge is 2.48. The summed E-state index contributed by atoms with van der Waals surface area (Å²) in [5.74, 6) is 0.497. The molecule has 0 bridgehead atoms. The summed E-state index contributed by atoms with van der Waals surface area (Å²) in [4.78, 5) is 41.2. The number of nitrogens with two attached hydrogens (primary N) is 3. The lowest BCUT2D eigenvalue weighted by Gasteiger charge is -2.36. The van der Waals surface area contributed by atoms with Gasteiger partial charge in [0.1, 0.15) is 17.0 Å².